The van der Waals surface area contributed by atoms with Crippen LogP contribution in [0.5, 0.6) is 11.5 Å². The fourth-order valence-corrected chi connectivity index (χ4v) is 2.98. The third kappa shape index (κ3) is 6.29. The molecule has 142 valence electrons. The van der Waals surface area contributed by atoms with Crippen molar-refractivity contribution in [3.63, 3.8) is 0 Å². The number of hydrogen-bond donors (Lipinski definition) is 3. The zero-order valence-electron chi connectivity index (χ0n) is 15.3. The van der Waals surface area contributed by atoms with Gasteiger partial charge in [-0.05, 0) is 35.7 Å². The Morgan fingerprint density at radius 2 is 1.77 bits per heavy atom. The molecule has 2 aromatic rings. The molecule has 0 bridgehead atoms. The summed E-state index contributed by atoms with van der Waals surface area (Å²) in [6, 6.07) is 12.1. The lowest BCUT2D eigenvalue weighted by molar-refractivity contribution is 0.283. The molecular formula is C20H27BrN2O3. The Morgan fingerprint density at radius 3 is 2.50 bits per heavy atom. The predicted molar refractivity (Wildman–Crippen MR) is 108 cm³/mol. The van der Waals surface area contributed by atoms with Crippen LogP contribution in [-0.2, 0) is 13.2 Å². The number of hydrogen-bond acceptors (Lipinski definition) is 5. The van der Waals surface area contributed by atoms with E-state index in [0.29, 0.717) is 13.2 Å². The number of aliphatic hydroxyl groups is 1. The van der Waals surface area contributed by atoms with Crippen LogP contribution in [0.2, 0.25) is 0 Å². The van der Waals surface area contributed by atoms with Gasteiger partial charge in [0.15, 0.2) is 11.5 Å². The first-order chi connectivity index (χ1) is 12.7. The molecule has 0 amide bonds. The molecule has 0 aliphatic rings. The van der Waals surface area contributed by atoms with Crippen molar-refractivity contribution in [3.8, 4) is 11.5 Å². The maximum atomic E-state index is 8.74. The number of ether oxygens (including phenoxy) is 2. The van der Waals surface area contributed by atoms with Crippen molar-refractivity contribution < 1.29 is 14.6 Å². The summed E-state index contributed by atoms with van der Waals surface area (Å²) in [4.78, 5) is 0. The lowest BCUT2D eigenvalue weighted by atomic mass is 10.1. The highest BCUT2D eigenvalue weighted by Crippen LogP contribution is 2.34. The van der Waals surface area contributed by atoms with E-state index in [4.69, 9.17) is 14.6 Å². The van der Waals surface area contributed by atoms with E-state index < -0.39 is 0 Å². The van der Waals surface area contributed by atoms with Crippen LogP contribution in [0.25, 0.3) is 0 Å². The molecule has 0 aliphatic carbocycles. The minimum atomic E-state index is 0.159. The molecule has 2 aromatic carbocycles. The fourth-order valence-electron chi connectivity index (χ4n) is 2.52. The minimum Gasteiger partial charge on any atom is -0.493 e. The molecule has 0 aromatic heterocycles. The van der Waals surface area contributed by atoms with E-state index in [1.807, 2.05) is 24.3 Å². The molecule has 26 heavy (non-hydrogen) atoms. The average Bonchev–Trinajstić information content (AvgIpc) is 2.65. The van der Waals surface area contributed by atoms with Gasteiger partial charge in [0, 0.05) is 30.7 Å². The maximum absolute atomic E-state index is 8.74. The maximum Gasteiger partial charge on any atom is 0.162 e. The van der Waals surface area contributed by atoms with Gasteiger partial charge in [-0.25, -0.2) is 0 Å². The van der Waals surface area contributed by atoms with Crippen molar-refractivity contribution in [2.45, 2.75) is 20.1 Å². The molecule has 0 spiro atoms. The number of methoxy groups -OCH3 is 1. The second-order valence-corrected chi connectivity index (χ2v) is 6.81. The number of benzene rings is 2. The highest BCUT2D eigenvalue weighted by Gasteiger charge is 2.11. The molecule has 0 radical (unpaired) electrons. The lowest BCUT2D eigenvalue weighted by Gasteiger charge is -2.15. The van der Waals surface area contributed by atoms with Crippen molar-refractivity contribution in [1.82, 2.24) is 10.6 Å². The smallest absolute Gasteiger partial charge is 0.162 e. The number of aryl methyl sites for hydroxylation is 1. The molecule has 0 aliphatic heterocycles. The van der Waals surface area contributed by atoms with Crippen molar-refractivity contribution in [2.75, 3.05) is 33.4 Å². The first kappa shape index (κ1) is 20.7. The average molecular weight is 423 g/mol. The van der Waals surface area contributed by atoms with Crippen LogP contribution in [0, 0.1) is 6.92 Å². The van der Waals surface area contributed by atoms with Gasteiger partial charge in [0.05, 0.1) is 13.7 Å². The number of rotatable bonds is 11. The summed E-state index contributed by atoms with van der Waals surface area (Å²) in [5, 5.41) is 15.2. The van der Waals surface area contributed by atoms with E-state index in [1.54, 1.807) is 7.11 Å². The van der Waals surface area contributed by atoms with Gasteiger partial charge in [-0.1, -0.05) is 40.2 Å². The van der Waals surface area contributed by atoms with Crippen LogP contribution < -0.4 is 20.1 Å². The highest BCUT2D eigenvalue weighted by atomic mass is 79.9. The summed E-state index contributed by atoms with van der Waals surface area (Å²) in [5.41, 5.74) is 3.47. The van der Waals surface area contributed by atoms with Crippen molar-refractivity contribution >= 4 is 15.9 Å². The quantitative estimate of drug-likeness (QED) is 0.485. The van der Waals surface area contributed by atoms with Crippen LogP contribution in [0.1, 0.15) is 16.7 Å². The van der Waals surface area contributed by atoms with E-state index >= 15 is 0 Å². The van der Waals surface area contributed by atoms with Gasteiger partial charge in [-0.15, -0.1) is 0 Å². The zero-order valence-corrected chi connectivity index (χ0v) is 16.9. The van der Waals surface area contributed by atoms with Gasteiger partial charge in [0.2, 0.25) is 0 Å². The topological polar surface area (TPSA) is 62.8 Å². The predicted octanol–water partition coefficient (Wildman–Crippen LogP) is 3.02. The van der Waals surface area contributed by atoms with Crippen molar-refractivity contribution in [3.05, 3.63) is 57.6 Å². The van der Waals surface area contributed by atoms with Crippen LogP contribution in [-0.4, -0.2) is 38.5 Å². The minimum absolute atomic E-state index is 0.159. The van der Waals surface area contributed by atoms with Crippen LogP contribution in [0.4, 0.5) is 0 Å². The van der Waals surface area contributed by atoms with E-state index in [1.165, 1.54) is 5.56 Å². The molecule has 5 nitrogen and oxygen atoms in total. The van der Waals surface area contributed by atoms with E-state index in [0.717, 1.165) is 46.7 Å². The highest BCUT2D eigenvalue weighted by molar-refractivity contribution is 9.10. The lowest BCUT2D eigenvalue weighted by Crippen LogP contribution is -2.28. The summed E-state index contributed by atoms with van der Waals surface area (Å²) in [7, 11) is 1.65. The molecule has 0 heterocycles. The number of aliphatic hydroxyl groups excluding tert-OH is 1. The van der Waals surface area contributed by atoms with Crippen LogP contribution in [0.3, 0.4) is 0 Å². The monoisotopic (exact) mass is 422 g/mol. The molecule has 0 atom stereocenters. The summed E-state index contributed by atoms with van der Waals surface area (Å²) in [6.07, 6.45) is 0. The molecule has 3 N–H and O–H groups in total. The summed E-state index contributed by atoms with van der Waals surface area (Å²) in [6.45, 7) is 5.71. The third-order valence-electron chi connectivity index (χ3n) is 4.06. The van der Waals surface area contributed by atoms with Gasteiger partial charge >= 0.3 is 0 Å². The third-order valence-corrected chi connectivity index (χ3v) is 4.80. The largest absolute Gasteiger partial charge is 0.493 e. The van der Waals surface area contributed by atoms with Gasteiger partial charge < -0.3 is 25.2 Å². The standard InChI is InChI=1S/C20H27BrN2O3/c1-15-5-3-4-6-16(15)14-26-20-12-18(21)17(11-19(20)25-2)13-23-8-7-22-9-10-24/h3-6,11-12,22-24H,7-10,13-14H2,1-2H3. The summed E-state index contributed by atoms with van der Waals surface area (Å²) in [5.74, 6) is 1.44. The summed E-state index contributed by atoms with van der Waals surface area (Å²) < 4.78 is 12.5. The Hall–Kier alpha value is -1.60. The van der Waals surface area contributed by atoms with E-state index in [2.05, 4.69) is 45.6 Å². The first-order valence-electron chi connectivity index (χ1n) is 8.71. The number of halogens is 1. The Bertz CT molecular complexity index is 695. The molecule has 6 heteroatoms. The Morgan fingerprint density at radius 1 is 1.00 bits per heavy atom. The first-order valence-corrected chi connectivity index (χ1v) is 9.51. The van der Waals surface area contributed by atoms with Gasteiger partial charge in [0.1, 0.15) is 6.61 Å². The zero-order chi connectivity index (χ0) is 18.8. The van der Waals surface area contributed by atoms with Gasteiger partial charge in [0.25, 0.3) is 0 Å². The SMILES string of the molecule is COc1cc(CNCCNCCO)c(Br)cc1OCc1ccccc1C. The molecule has 0 unspecified atom stereocenters. The Kier molecular flexibility index (Phi) is 8.91. The summed E-state index contributed by atoms with van der Waals surface area (Å²) >= 11 is 3.62. The molecule has 0 fully saturated rings. The molecular weight excluding hydrogens is 396 g/mol. The van der Waals surface area contributed by atoms with Crippen molar-refractivity contribution in [2.24, 2.45) is 0 Å². The second-order valence-electron chi connectivity index (χ2n) is 5.96. The fraction of sp³-hybridized carbons (Fsp3) is 0.400. The Balaban J connectivity index is 1.96. The van der Waals surface area contributed by atoms with E-state index in [9.17, 15) is 0 Å². The normalized spacial score (nSPS) is 10.8. The van der Waals surface area contributed by atoms with Crippen LogP contribution >= 0.6 is 15.9 Å². The molecule has 0 saturated carbocycles. The second kappa shape index (κ2) is 11.2. The molecule has 0 saturated heterocycles. The van der Waals surface area contributed by atoms with Crippen LogP contribution in [0.15, 0.2) is 40.9 Å². The van der Waals surface area contributed by atoms with E-state index in [-0.39, 0.29) is 6.61 Å². The van der Waals surface area contributed by atoms with Crippen molar-refractivity contribution in [1.29, 1.82) is 0 Å². The Labute approximate surface area is 163 Å². The number of nitrogens with one attached hydrogen (secondary N) is 2. The van der Waals surface area contributed by atoms with Gasteiger partial charge in [-0.3, -0.25) is 0 Å². The van der Waals surface area contributed by atoms with Gasteiger partial charge in [-0.2, -0.15) is 0 Å². The molecule has 2 rings (SSSR count).